The van der Waals surface area contributed by atoms with Crippen LogP contribution in [0.2, 0.25) is 0 Å². The van der Waals surface area contributed by atoms with Gasteiger partial charge in [-0.05, 0) is 54.5 Å². The Labute approximate surface area is 122 Å². The molecule has 0 fully saturated rings. The Hall–Kier alpha value is -0.770. The number of ether oxygens (including phenoxy) is 3. The number of hydrogen-bond donors (Lipinski definition) is 0. The second kappa shape index (κ2) is 9.20. The summed E-state index contributed by atoms with van der Waals surface area (Å²) in [6.45, 7) is 5.32. The molecule has 0 aliphatic heterocycles. The predicted molar refractivity (Wildman–Crippen MR) is 79.5 cm³/mol. The minimum Gasteiger partial charge on any atom is -0.480 e. The van der Waals surface area contributed by atoms with Crippen LogP contribution in [0, 0.1) is 15.4 Å². The maximum Gasteiger partial charge on any atom is 0.222 e. The highest BCUT2D eigenvalue weighted by Crippen LogP contribution is 2.19. The summed E-state index contributed by atoms with van der Waals surface area (Å²) in [5, 5.41) is 0. The molecule has 18 heavy (non-hydrogen) atoms. The topological polar surface area (TPSA) is 27.7 Å². The Kier molecular flexibility index (Phi) is 7.81. The Balaban J connectivity index is 2.43. The molecule has 0 amide bonds. The van der Waals surface area contributed by atoms with E-state index in [2.05, 4.69) is 34.4 Å². The molecule has 0 saturated heterocycles. The maximum absolute atomic E-state index is 5.55. The highest BCUT2D eigenvalue weighted by atomic mass is 127. The number of rotatable bonds is 6. The average molecular weight is 360 g/mol. The van der Waals surface area contributed by atoms with Gasteiger partial charge >= 0.3 is 0 Å². The van der Waals surface area contributed by atoms with E-state index in [1.165, 1.54) is 0 Å². The van der Waals surface area contributed by atoms with Gasteiger partial charge in [-0.25, -0.2) is 0 Å². The van der Waals surface area contributed by atoms with Gasteiger partial charge in [0, 0.05) is 13.2 Å². The van der Waals surface area contributed by atoms with Crippen molar-refractivity contribution in [2.24, 2.45) is 0 Å². The first-order chi connectivity index (χ1) is 8.77. The minimum absolute atomic E-state index is 0.330. The SMILES string of the molecule is CCOC(C#CCOc1ccccc1I)OCC. The second-order valence-corrected chi connectivity index (χ2v) is 4.45. The Morgan fingerprint density at radius 2 is 1.83 bits per heavy atom. The van der Waals surface area contributed by atoms with Gasteiger partial charge in [0.15, 0.2) is 0 Å². The first kappa shape index (κ1) is 15.3. The molecule has 0 atom stereocenters. The van der Waals surface area contributed by atoms with Crippen molar-refractivity contribution in [3.63, 3.8) is 0 Å². The third-order valence-electron chi connectivity index (χ3n) is 1.99. The van der Waals surface area contributed by atoms with Gasteiger partial charge in [-0.1, -0.05) is 18.1 Å². The smallest absolute Gasteiger partial charge is 0.222 e. The highest BCUT2D eigenvalue weighted by molar-refractivity contribution is 14.1. The molecule has 3 nitrogen and oxygen atoms in total. The molecule has 98 valence electrons. The van der Waals surface area contributed by atoms with E-state index in [0.29, 0.717) is 19.8 Å². The lowest BCUT2D eigenvalue weighted by molar-refractivity contribution is -0.0970. The monoisotopic (exact) mass is 360 g/mol. The average Bonchev–Trinajstić information content (AvgIpc) is 2.37. The van der Waals surface area contributed by atoms with E-state index in [-0.39, 0.29) is 0 Å². The van der Waals surface area contributed by atoms with Crippen LogP contribution in [-0.4, -0.2) is 26.1 Å². The highest BCUT2D eigenvalue weighted by Gasteiger charge is 2.01. The molecule has 1 rings (SSSR count). The van der Waals surface area contributed by atoms with Gasteiger partial charge in [0.1, 0.15) is 12.4 Å². The van der Waals surface area contributed by atoms with Crippen molar-refractivity contribution in [2.75, 3.05) is 19.8 Å². The van der Waals surface area contributed by atoms with E-state index in [1.54, 1.807) is 0 Å². The first-order valence-corrected chi connectivity index (χ1v) is 6.94. The number of halogens is 1. The Morgan fingerprint density at radius 1 is 1.17 bits per heavy atom. The van der Waals surface area contributed by atoms with E-state index in [1.807, 2.05) is 38.1 Å². The molecule has 1 aromatic rings. The van der Waals surface area contributed by atoms with Gasteiger partial charge in [0.05, 0.1) is 3.57 Å². The summed E-state index contributed by atoms with van der Waals surface area (Å²) in [5.74, 6) is 6.64. The van der Waals surface area contributed by atoms with Gasteiger partial charge < -0.3 is 14.2 Å². The summed E-state index contributed by atoms with van der Waals surface area (Å²) >= 11 is 2.23. The summed E-state index contributed by atoms with van der Waals surface area (Å²) in [4.78, 5) is 0. The summed E-state index contributed by atoms with van der Waals surface area (Å²) in [6, 6.07) is 7.83. The van der Waals surface area contributed by atoms with Crippen LogP contribution in [0.15, 0.2) is 24.3 Å². The van der Waals surface area contributed by atoms with Crippen molar-refractivity contribution in [1.29, 1.82) is 0 Å². The molecule has 0 N–H and O–H groups in total. The Bertz CT molecular complexity index is 403. The molecule has 0 aliphatic rings. The molecule has 0 spiro atoms. The standard InChI is InChI=1S/C14H17IO3/c1-3-16-14(17-4-2)10-7-11-18-13-9-6-5-8-12(13)15/h5-6,8-9,14H,3-4,11H2,1-2H3. The molecular weight excluding hydrogens is 343 g/mol. The fraction of sp³-hybridized carbons (Fsp3) is 0.429. The third kappa shape index (κ3) is 5.71. The van der Waals surface area contributed by atoms with E-state index < -0.39 is 6.29 Å². The lowest BCUT2D eigenvalue weighted by Crippen LogP contribution is -2.15. The zero-order valence-electron chi connectivity index (χ0n) is 10.6. The van der Waals surface area contributed by atoms with Crippen LogP contribution in [0.1, 0.15) is 13.8 Å². The number of para-hydroxylation sites is 1. The zero-order valence-corrected chi connectivity index (χ0v) is 12.8. The van der Waals surface area contributed by atoms with Gasteiger partial charge in [-0.3, -0.25) is 0 Å². The minimum atomic E-state index is -0.460. The summed E-state index contributed by atoms with van der Waals surface area (Å²) in [6.07, 6.45) is -0.460. The fourth-order valence-electron chi connectivity index (χ4n) is 1.23. The van der Waals surface area contributed by atoms with Crippen LogP contribution >= 0.6 is 22.6 Å². The zero-order chi connectivity index (χ0) is 13.2. The van der Waals surface area contributed by atoms with Crippen molar-refractivity contribution in [3.8, 4) is 17.6 Å². The van der Waals surface area contributed by atoms with Crippen LogP contribution in [0.5, 0.6) is 5.75 Å². The predicted octanol–water partition coefficient (Wildman–Crippen LogP) is 3.07. The third-order valence-corrected chi connectivity index (χ3v) is 2.88. The molecule has 0 heterocycles. The van der Waals surface area contributed by atoms with Crippen LogP contribution < -0.4 is 4.74 Å². The van der Waals surface area contributed by atoms with Gasteiger partial charge in [0.25, 0.3) is 0 Å². The van der Waals surface area contributed by atoms with E-state index in [9.17, 15) is 0 Å². The normalized spacial score (nSPS) is 10.0. The molecule has 4 heteroatoms. The molecule has 0 aromatic heterocycles. The molecule has 0 aliphatic carbocycles. The van der Waals surface area contributed by atoms with Crippen molar-refractivity contribution >= 4 is 22.6 Å². The van der Waals surface area contributed by atoms with E-state index >= 15 is 0 Å². The van der Waals surface area contributed by atoms with Crippen LogP contribution in [0.25, 0.3) is 0 Å². The van der Waals surface area contributed by atoms with Crippen LogP contribution in [0.4, 0.5) is 0 Å². The summed E-state index contributed by atoms with van der Waals surface area (Å²) in [5.41, 5.74) is 0. The summed E-state index contributed by atoms with van der Waals surface area (Å²) < 4.78 is 17.2. The van der Waals surface area contributed by atoms with Gasteiger partial charge in [-0.2, -0.15) is 0 Å². The Morgan fingerprint density at radius 3 is 2.44 bits per heavy atom. The maximum atomic E-state index is 5.55. The van der Waals surface area contributed by atoms with Crippen molar-refractivity contribution in [1.82, 2.24) is 0 Å². The van der Waals surface area contributed by atoms with Crippen molar-refractivity contribution < 1.29 is 14.2 Å². The van der Waals surface area contributed by atoms with Crippen LogP contribution in [-0.2, 0) is 9.47 Å². The fourth-order valence-corrected chi connectivity index (χ4v) is 1.78. The number of benzene rings is 1. The second-order valence-electron chi connectivity index (χ2n) is 3.28. The summed E-state index contributed by atoms with van der Waals surface area (Å²) in [7, 11) is 0. The molecule has 0 saturated carbocycles. The molecule has 0 radical (unpaired) electrons. The molecule has 1 aromatic carbocycles. The van der Waals surface area contributed by atoms with Crippen molar-refractivity contribution in [2.45, 2.75) is 20.1 Å². The molecule has 0 bridgehead atoms. The number of hydrogen-bond acceptors (Lipinski definition) is 3. The van der Waals surface area contributed by atoms with E-state index in [0.717, 1.165) is 9.32 Å². The quantitative estimate of drug-likeness (QED) is 0.443. The lowest BCUT2D eigenvalue weighted by atomic mass is 10.3. The van der Waals surface area contributed by atoms with Crippen molar-refractivity contribution in [3.05, 3.63) is 27.8 Å². The van der Waals surface area contributed by atoms with Gasteiger partial charge in [0.2, 0.25) is 6.29 Å². The van der Waals surface area contributed by atoms with Crippen LogP contribution in [0.3, 0.4) is 0 Å². The molecular formula is C14H17IO3. The first-order valence-electron chi connectivity index (χ1n) is 5.86. The largest absolute Gasteiger partial charge is 0.480 e. The lowest BCUT2D eigenvalue weighted by Gasteiger charge is -2.09. The molecule has 0 unspecified atom stereocenters. The van der Waals surface area contributed by atoms with E-state index in [4.69, 9.17) is 14.2 Å². The van der Waals surface area contributed by atoms with Gasteiger partial charge in [-0.15, -0.1) is 0 Å².